The molecule has 0 saturated carbocycles. The second kappa shape index (κ2) is 7.26. The van der Waals surface area contributed by atoms with Crippen LogP contribution in [0.4, 0.5) is 10.1 Å². The van der Waals surface area contributed by atoms with E-state index in [1.165, 1.54) is 23.9 Å². The van der Waals surface area contributed by atoms with Gasteiger partial charge in [0.15, 0.2) is 5.78 Å². The molecule has 3 nitrogen and oxygen atoms in total. The molecule has 0 unspecified atom stereocenters. The highest BCUT2D eigenvalue weighted by molar-refractivity contribution is 8.05. The summed E-state index contributed by atoms with van der Waals surface area (Å²) in [5.41, 5.74) is 2.79. The average Bonchev–Trinajstić information content (AvgIpc) is 3.04. The van der Waals surface area contributed by atoms with Crippen molar-refractivity contribution in [1.82, 2.24) is 0 Å². The van der Waals surface area contributed by atoms with Crippen molar-refractivity contribution < 1.29 is 14.0 Å². The molecule has 2 aliphatic rings. The van der Waals surface area contributed by atoms with Gasteiger partial charge in [-0.05, 0) is 24.1 Å². The van der Waals surface area contributed by atoms with Gasteiger partial charge >= 0.3 is 0 Å². The standard InChI is InChI=1S/C25H18FNO2S/c26-18-11-12-20-21(15-18)27-24(29)25(20)19(16-7-3-1-4-8-16)13-14-22(30-25)23(28)17-9-5-2-6-10-17/h1-12,14-15,19H,13H2,(H,27,29)/t19-,25-/m0/s1. The number of ketones is 1. The van der Waals surface area contributed by atoms with Crippen molar-refractivity contribution >= 4 is 29.1 Å². The first kappa shape index (κ1) is 18.8. The Labute approximate surface area is 178 Å². The quantitative estimate of drug-likeness (QED) is 0.562. The van der Waals surface area contributed by atoms with Crippen LogP contribution >= 0.6 is 11.8 Å². The Hall–Kier alpha value is -3.18. The molecule has 1 amide bonds. The van der Waals surface area contributed by atoms with Gasteiger partial charge in [-0.3, -0.25) is 9.59 Å². The molecule has 2 heterocycles. The molecule has 0 aromatic heterocycles. The molecule has 0 radical (unpaired) electrons. The first-order valence-corrected chi connectivity index (χ1v) is 10.6. The van der Waals surface area contributed by atoms with Gasteiger partial charge in [0.1, 0.15) is 10.6 Å². The molecule has 0 saturated heterocycles. The lowest BCUT2D eigenvalue weighted by Gasteiger charge is -2.39. The summed E-state index contributed by atoms with van der Waals surface area (Å²) in [6, 6.07) is 23.3. The van der Waals surface area contributed by atoms with E-state index in [0.717, 1.165) is 11.1 Å². The van der Waals surface area contributed by atoms with Gasteiger partial charge in [0, 0.05) is 22.7 Å². The zero-order chi connectivity index (χ0) is 20.7. The fourth-order valence-electron chi connectivity index (χ4n) is 4.33. The van der Waals surface area contributed by atoms with E-state index in [4.69, 9.17) is 0 Å². The monoisotopic (exact) mass is 415 g/mol. The molecule has 3 aromatic carbocycles. The van der Waals surface area contributed by atoms with E-state index in [1.54, 1.807) is 18.2 Å². The summed E-state index contributed by atoms with van der Waals surface area (Å²) < 4.78 is 12.8. The Morgan fingerprint density at radius 1 is 1.00 bits per heavy atom. The number of nitrogens with one attached hydrogen (secondary N) is 1. The van der Waals surface area contributed by atoms with Gasteiger partial charge in [-0.15, -0.1) is 0 Å². The molecule has 30 heavy (non-hydrogen) atoms. The van der Waals surface area contributed by atoms with Gasteiger partial charge < -0.3 is 5.32 Å². The number of amides is 1. The predicted molar refractivity (Wildman–Crippen MR) is 117 cm³/mol. The molecule has 0 bridgehead atoms. The molecule has 1 N–H and O–H groups in total. The van der Waals surface area contributed by atoms with Gasteiger partial charge in [0.25, 0.3) is 0 Å². The number of hydrogen-bond donors (Lipinski definition) is 1. The van der Waals surface area contributed by atoms with Crippen molar-refractivity contribution in [2.75, 3.05) is 5.32 Å². The van der Waals surface area contributed by atoms with Crippen molar-refractivity contribution in [2.45, 2.75) is 17.1 Å². The van der Waals surface area contributed by atoms with E-state index in [1.807, 2.05) is 54.6 Å². The average molecular weight is 415 g/mol. The fraction of sp³-hybridized carbons (Fsp3) is 0.120. The molecule has 5 heteroatoms. The summed E-state index contributed by atoms with van der Waals surface area (Å²) in [7, 11) is 0. The largest absolute Gasteiger partial charge is 0.324 e. The van der Waals surface area contributed by atoms with E-state index in [2.05, 4.69) is 5.32 Å². The number of rotatable bonds is 3. The number of thioether (sulfide) groups is 1. The van der Waals surface area contributed by atoms with Crippen LogP contribution in [0.15, 0.2) is 89.8 Å². The third-order valence-electron chi connectivity index (χ3n) is 5.73. The van der Waals surface area contributed by atoms with E-state index in [9.17, 15) is 14.0 Å². The Kier molecular flexibility index (Phi) is 4.55. The van der Waals surface area contributed by atoms with Crippen molar-refractivity contribution in [3.8, 4) is 0 Å². The van der Waals surface area contributed by atoms with Crippen molar-refractivity contribution in [3.63, 3.8) is 0 Å². The molecule has 0 fully saturated rings. The normalized spacial score (nSPS) is 22.4. The number of hydrogen-bond acceptors (Lipinski definition) is 3. The zero-order valence-electron chi connectivity index (χ0n) is 16.0. The third-order valence-corrected chi connectivity index (χ3v) is 7.31. The van der Waals surface area contributed by atoms with Crippen molar-refractivity contribution in [3.05, 3.63) is 112 Å². The van der Waals surface area contributed by atoms with Crippen molar-refractivity contribution in [2.24, 2.45) is 0 Å². The number of allylic oxidation sites excluding steroid dienone is 2. The Bertz CT molecular complexity index is 1180. The van der Waals surface area contributed by atoms with Crippen LogP contribution in [0, 0.1) is 5.82 Å². The summed E-state index contributed by atoms with van der Waals surface area (Å²) in [4.78, 5) is 27.1. The van der Waals surface area contributed by atoms with Crippen LogP contribution in [0.25, 0.3) is 0 Å². The summed E-state index contributed by atoms with van der Waals surface area (Å²) in [6.45, 7) is 0. The van der Waals surface area contributed by atoms with E-state index >= 15 is 0 Å². The Morgan fingerprint density at radius 2 is 1.70 bits per heavy atom. The fourth-order valence-corrected chi connectivity index (χ4v) is 5.88. The molecule has 3 aromatic rings. The first-order valence-electron chi connectivity index (χ1n) is 9.75. The number of fused-ring (bicyclic) bond motifs is 2. The first-order chi connectivity index (χ1) is 14.6. The molecular weight excluding hydrogens is 397 g/mol. The number of carbonyl (C=O) groups is 2. The van der Waals surface area contributed by atoms with Crippen LogP contribution in [-0.4, -0.2) is 11.7 Å². The topological polar surface area (TPSA) is 46.2 Å². The Balaban J connectivity index is 1.66. The Morgan fingerprint density at radius 3 is 2.43 bits per heavy atom. The van der Waals surface area contributed by atoms with Gasteiger partial charge in [0.2, 0.25) is 5.91 Å². The molecule has 148 valence electrons. The number of carbonyl (C=O) groups excluding carboxylic acids is 2. The highest BCUT2D eigenvalue weighted by atomic mass is 32.2. The summed E-state index contributed by atoms with van der Waals surface area (Å²) in [6.07, 6.45) is 2.47. The van der Waals surface area contributed by atoms with Crippen LogP contribution in [0.1, 0.15) is 33.8 Å². The molecule has 2 aliphatic heterocycles. The number of Topliss-reactive ketones (excluding diaryl/α,β-unsaturated/α-hetero) is 1. The number of anilines is 1. The van der Waals surface area contributed by atoms with E-state index in [-0.39, 0.29) is 17.6 Å². The molecule has 1 spiro atoms. The lowest BCUT2D eigenvalue weighted by Crippen LogP contribution is -2.39. The minimum Gasteiger partial charge on any atom is -0.324 e. The van der Waals surface area contributed by atoms with Crippen LogP contribution < -0.4 is 5.32 Å². The number of halogens is 1. The lowest BCUT2D eigenvalue weighted by atomic mass is 9.78. The SMILES string of the molecule is O=C(C1=CC[C@@H](c2ccccc2)[C@@]2(S1)C(=O)Nc1cc(F)ccc12)c1ccccc1. The molecule has 5 rings (SSSR count). The highest BCUT2D eigenvalue weighted by Gasteiger charge is 2.55. The third kappa shape index (κ3) is 2.89. The van der Waals surface area contributed by atoms with Gasteiger partial charge in [-0.1, -0.05) is 84.6 Å². The second-order valence-corrected chi connectivity index (χ2v) is 8.73. The van der Waals surface area contributed by atoms with Gasteiger partial charge in [-0.25, -0.2) is 4.39 Å². The van der Waals surface area contributed by atoms with E-state index < -0.39 is 10.6 Å². The van der Waals surface area contributed by atoms with Crippen LogP contribution in [0.5, 0.6) is 0 Å². The van der Waals surface area contributed by atoms with Gasteiger partial charge in [0.05, 0.1) is 4.91 Å². The van der Waals surface area contributed by atoms with Gasteiger partial charge in [-0.2, -0.15) is 0 Å². The molecule has 2 atom stereocenters. The molecular formula is C25H18FNO2S. The summed E-state index contributed by atoms with van der Waals surface area (Å²) in [5.74, 6) is -0.898. The van der Waals surface area contributed by atoms with Crippen LogP contribution in [-0.2, 0) is 9.54 Å². The predicted octanol–water partition coefficient (Wildman–Crippen LogP) is 5.66. The van der Waals surface area contributed by atoms with E-state index in [0.29, 0.717) is 22.6 Å². The second-order valence-electron chi connectivity index (χ2n) is 7.44. The maximum absolute atomic E-state index is 13.9. The van der Waals surface area contributed by atoms with Crippen LogP contribution in [0.3, 0.4) is 0 Å². The minimum absolute atomic E-state index is 0.102. The maximum Gasteiger partial charge on any atom is 0.246 e. The summed E-state index contributed by atoms with van der Waals surface area (Å²) >= 11 is 1.28. The number of benzene rings is 3. The lowest BCUT2D eigenvalue weighted by molar-refractivity contribution is -0.118. The maximum atomic E-state index is 13.9. The van der Waals surface area contributed by atoms with Crippen molar-refractivity contribution in [1.29, 1.82) is 0 Å². The minimum atomic E-state index is -1.03. The summed E-state index contributed by atoms with van der Waals surface area (Å²) in [5, 5.41) is 2.86. The van der Waals surface area contributed by atoms with Crippen LogP contribution in [0.2, 0.25) is 0 Å². The zero-order valence-corrected chi connectivity index (χ0v) is 16.8. The molecule has 0 aliphatic carbocycles. The smallest absolute Gasteiger partial charge is 0.246 e. The highest BCUT2D eigenvalue weighted by Crippen LogP contribution is 2.60.